The number of piperidine rings is 2. The number of likely N-dealkylation sites (tertiary alicyclic amines) is 1. The lowest BCUT2D eigenvalue weighted by molar-refractivity contribution is -0.144. The predicted molar refractivity (Wildman–Crippen MR) is 82.7 cm³/mol. The Hall–Kier alpha value is -0.610. The van der Waals surface area contributed by atoms with Crippen LogP contribution in [0.3, 0.4) is 0 Å². The number of rotatable bonds is 3. The highest BCUT2D eigenvalue weighted by molar-refractivity contribution is 5.82. The Morgan fingerprint density at radius 2 is 1.80 bits per heavy atom. The first-order valence-corrected chi connectivity index (χ1v) is 8.16. The molecule has 0 aromatic rings. The Balaban J connectivity index is 1.91. The van der Waals surface area contributed by atoms with Crippen molar-refractivity contribution < 1.29 is 4.79 Å². The lowest BCUT2D eigenvalue weighted by atomic mass is 9.79. The molecule has 2 rings (SSSR count). The molecule has 1 N–H and O–H groups in total. The van der Waals surface area contributed by atoms with Crippen molar-refractivity contribution in [2.24, 2.45) is 5.41 Å². The third-order valence-corrected chi connectivity index (χ3v) is 5.32. The standard InChI is InChI=1S/C16H31N3O/c1-13(2)19-11-5-14(6-12-19)18(4)15(20)16(3)7-9-17-10-8-16/h13-14,17H,5-12H2,1-4H3. The maximum absolute atomic E-state index is 12.8. The Bertz CT molecular complexity index is 329. The average Bonchev–Trinajstić information content (AvgIpc) is 2.46. The van der Waals surface area contributed by atoms with Crippen molar-refractivity contribution >= 4 is 5.91 Å². The first-order valence-electron chi connectivity index (χ1n) is 8.16. The summed E-state index contributed by atoms with van der Waals surface area (Å²) in [5.74, 6) is 0.363. The zero-order chi connectivity index (χ0) is 14.8. The summed E-state index contributed by atoms with van der Waals surface area (Å²) < 4.78 is 0. The monoisotopic (exact) mass is 281 g/mol. The second-order valence-electron chi connectivity index (χ2n) is 7.09. The molecule has 0 unspecified atom stereocenters. The van der Waals surface area contributed by atoms with Crippen molar-refractivity contribution in [1.82, 2.24) is 15.1 Å². The molecule has 0 aromatic heterocycles. The molecule has 2 fully saturated rings. The molecule has 0 spiro atoms. The number of nitrogens with one attached hydrogen (secondary N) is 1. The number of hydrogen-bond donors (Lipinski definition) is 1. The highest BCUT2D eigenvalue weighted by atomic mass is 16.2. The van der Waals surface area contributed by atoms with Crippen molar-refractivity contribution in [3.8, 4) is 0 Å². The van der Waals surface area contributed by atoms with Crippen molar-refractivity contribution in [3.05, 3.63) is 0 Å². The minimum absolute atomic E-state index is 0.144. The minimum atomic E-state index is -0.144. The second kappa shape index (κ2) is 6.44. The third kappa shape index (κ3) is 3.34. The van der Waals surface area contributed by atoms with Crippen LogP contribution in [0.15, 0.2) is 0 Å². The fourth-order valence-electron chi connectivity index (χ4n) is 3.57. The van der Waals surface area contributed by atoms with Crippen LogP contribution in [0.5, 0.6) is 0 Å². The van der Waals surface area contributed by atoms with Crippen LogP contribution < -0.4 is 5.32 Å². The molecular formula is C16H31N3O. The topological polar surface area (TPSA) is 35.6 Å². The van der Waals surface area contributed by atoms with E-state index in [2.05, 4.69) is 35.9 Å². The molecule has 2 aliphatic rings. The van der Waals surface area contributed by atoms with Crippen molar-refractivity contribution in [2.75, 3.05) is 33.2 Å². The number of hydrogen-bond acceptors (Lipinski definition) is 3. The van der Waals surface area contributed by atoms with Crippen molar-refractivity contribution in [1.29, 1.82) is 0 Å². The van der Waals surface area contributed by atoms with E-state index in [-0.39, 0.29) is 5.41 Å². The van der Waals surface area contributed by atoms with Gasteiger partial charge in [-0.05, 0) is 52.6 Å². The van der Waals surface area contributed by atoms with Gasteiger partial charge < -0.3 is 15.1 Å². The highest BCUT2D eigenvalue weighted by Gasteiger charge is 2.39. The third-order valence-electron chi connectivity index (χ3n) is 5.32. The van der Waals surface area contributed by atoms with Gasteiger partial charge in [0.2, 0.25) is 5.91 Å². The van der Waals surface area contributed by atoms with E-state index in [1.165, 1.54) is 0 Å². The number of amides is 1. The molecular weight excluding hydrogens is 250 g/mol. The second-order valence-corrected chi connectivity index (χ2v) is 7.09. The zero-order valence-electron chi connectivity index (χ0n) is 13.6. The molecule has 0 atom stereocenters. The van der Waals surface area contributed by atoms with Crippen LogP contribution in [0.4, 0.5) is 0 Å². The molecule has 0 saturated carbocycles. The van der Waals surface area contributed by atoms with Gasteiger partial charge in [-0.1, -0.05) is 6.92 Å². The summed E-state index contributed by atoms with van der Waals surface area (Å²) in [5, 5.41) is 3.35. The molecule has 116 valence electrons. The minimum Gasteiger partial charge on any atom is -0.342 e. The largest absolute Gasteiger partial charge is 0.342 e. The van der Waals surface area contributed by atoms with E-state index in [4.69, 9.17) is 0 Å². The molecule has 2 aliphatic heterocycles. The zero-order valence-corrected chi connectivity index (χ0v) is 13.6. The van der Waals surface area contributed by atoms with Gasteiger partial charge in [-0.25, -0.2) is 0 Å². The van der Waals surface area contributed by atoms with Crippen LogP contribution in [-0.2, 0) is 4.79 Å². The predicted octanol–water partition coefficient (Wildman–Crippen LogP) is 1.71. The van der Waals surface area contributed by atoms with Gasteiger partial charge in [0.1, 0.15) is 0 Å². The fraction of sp³-hybridized carbons (Fsp3) is 0.938. The Morgan fingerprint density at radius 3 is 2.30 bits per heavy atom. The van der Waals surface area contributed by atoms with E-state index < -0.39 is 0 Å². The van der Waals surface area contributed by atoms with E-state index in [9.17, 15) is 4.79 Å². The smallest absolute Gasteiger partial charge is 0.228 e. The summed E-state index contributed by atoms with van der Waals surface area (Å²) in [4.78, 5) is 17.4. The molecule has 2 saturated heterocycles. The quantitative estimate of drug-likeness (QED) is 0.855. The van der Waals surface area contributed by atoms with Gasteiger partial charge in [-0.15, -0.1) is 0 Å². The van der Waals surface area contributed by atoms with Gasteiger partial charge >= 0.3 is 0 Å². The average molecular weight is 281 g/mol. The summed E-state index contributed by atoms with van der Waals surface area (Å²) in [5.41, 5.74) is -0.144. The molecule has 0 aromatic carbocycles. The SMILES string of the molecule is CC(C)N1CCC(N(C)C(=O)C2(C)CCNCC2)CC1. The lowest BCUT2D eigenvalue weighted by Gasteiger charge is -2.42. The Kier molecular flexibility index (Phi) is 5.08. The van der Waals surface area contributed by atoms with Crippen molar-refractivity contribution in [2.45, 2.75) is 58.5 Å². The van der Waals surface area contributed by atoms with E-state index in [0.29, 0.717) is 18.0 Å². The summed E-state index contributed by atoms with van der Waals surface area (Å²) in [7, 11) is 2.02. The number of carbonyl (C=O) groups is 1. The van der Waals surface area contributed by atoms with Crippen LogP contribution in [-0.4, -0.2) is 61.0 Å². The maximum Gasteiger partial charge on any atom is 0.228 e. The molecule has 0 aliphatic carbocycles. The first-order chi connectivity index (χ1) is 9.44. The molecule has 4 nitrogen and oxygen atoms in total. The Morgan fingerprint density at radius 1 is 1.25 bits per heavy atom. The first kappa shape index (κ1) is 15.8. The molecule has 1 amide bonds. The van der Waals surface area contributed by atoms with E-state index in [0.717, 1.165) is 51.9 Å². The van der Waals surface area contributed by atoms with Gasteiger partial charge in [0.15, 0.2) is 0 Å². The van der Waals surface area contributed by atoms with Crippen LogP contribution in [0.25, 0.3) is 0 Å². The maximum atomic E-state index is 12.8. The molecule has 4 heteroatoms. The van der Waals surface area contributed by atoms with Gasteiger partial charge in [0.05, 0.1) is 0 Å². The van der Waals surface area contributed by atoms with Gasteiger partial charge in [-0.3, -0.25) is 4.79 Å². The Labute approximate surface area is 123 Å². The van der Waals surface area contributed by atoms with Gasteiger partial charge in [-0.2, -0.15) is 0 Å². The van der Waals surface area contributed by atoms with E-state index >= 15 is 0 Å². The van der Waals surface area contributed by atoms with Crippen molar-refractivity contribution in [3.63, 3.8) is 0 Å². The highest BCUT2D eigenvalue weighted by Crippen LogP contribution is 2.31. The number of carbonyl (C=O) groups excluding carboxylic acids is 1. The molecule has 0 radical (unpaired) electrons. The molecule has 20 heavy (non-hydrogen) atoms. The number of nitrogens with zero attached hydrogens (tertiary/aromatic N) is 2. The summed E-state index contributed by atoms with van der Waals surface area (Å²) >= 11 is 0. The van der Waals surface area contributed by atoms with Crippen LogP contribution in [0.2, 0.25) is 0 Å². The molecule has 0 bridgehead atoms. The van der Waals surface area contributed by atoms with Gasteiger partial charge in [0.25, 0.3) is 0 Å². The van der Waals surface area contributed by atoms with E-state index in [1.807, 2.05) is 7.05 Å². The normalized spacial score (nSPS) is 24.9. The van der Waals surface area contributed by atoms with Crippen LogP contribution in [0, 0.1) is 5.41 Å². The van der Waals surface area contributed by atoms with E-state index in [1.54, 1.807) is 0 Å². The summed E-state index contributed by atoms with van der Waals surface area (Å²) in [6.07, 6.45) is 4.19. The summed E-state index contributed by atoms with van der Waals surface area (Å²) in [6.45, 7) is 10.9. The molecule has 2 heterocycles. The van der Waals surface area contributed by atoms with Crippen LogP contribution in [0.1, 0.15) is 46.5 Å². The van der Waals surface area contributed by atoms with Gasteiger partial charge in [0, 0.05) is 37.6 Å². The lowest BCUT2D eigenvalue weighted by Crippen LogP contribution is -2.52. The fourth-order valence-corrected chi connectivity index (χ4v) is 3.57. The van der Waals surface area contributed by atoms with Crippen LogP contribution >= 0.6 is 0 Å². The summed E-state index contributed by atoms with van der Waals surface area (Å²) in [6, 6.07) is 1.06.